The first-order valence-electron chi connectivity index (χ1n) is 8.26. The number of carbonyl (C=O) groups is 2. The number of aliphatic hydroxyl groups is 1. The van der Waals surface area contributed by atoms with Crippen molar-refractivity contribution in [1.29, 1.82) is 0 Å². The Labute approximate surface area is 130 Å². The van der Waals surface area contributed by atoms with Crippen molar-refractivity contribution in [2.75, 3.05) is 32.7 Å². The number of carboxylic acid groups (broad SMARTS) is 1. The molecule has 1 aliphatic carbocycles. The lowest BCUT2D eigenvalue weighted by Gasteiger charge is -2.36. The minimum Gasteiger partial charge on any atom is -0.465 e. The standard InChI is InChI=1S/C15H25N3O4/c19-12-9-13(18(10-12)15(21)22)14(20)17-6-2-5-16(7-8-17)11-3-1-4-11/h11-13,19H,1-10H2,(H,21,22)/t12-,13-/m1/s1. The highest BCUT2D eigenvalue weighted by molar-refractivity contribution is 5.86. The summed E-state index contributed by atoms with van der Waals surface area (Å²) in [7, 11) is 0. The van der Waals surface area contributed by atoms with Crippen LogP contribution in [0.2, 0.25) is 0 Å². The van der Waals surface area contributed by atoms with Gasteiger partial charge in [-0.15, -0.1) is 0 Å². The first kappa shape index (κ1) is 15.6. The predicted octanol–water partition coefficient (Wildman–Crippen LogP) is 0.186. The van der Waals surface area contributed by atoms with Crippen LogP contribution in [0, 0.1) is 0 Å². The molecular formula is C15H25N3O4. The van der Waals surface area contributed by atoms with Crippen LogP contribution in [-0.2, 0) is 4.79 Å². The van der Waals surface area contributed by atoms with Crippen LogP contribution in [0.15, 0.2) is 0 Å². The highest BCUT2D eigenvalue weighted by atomic mass is 16.4. The summed E-state index contributed by atoms with van der Waals surface area (Å²) in [6, 6.07) is -0.0402. The maximum absolute atomic E-state index is 12.7. The lowest BCUT2D eigenvalue weighted by molar-refractivity contribution is -0.135. The van der Waals surface area contributed by atoms with Gasteiger partial charge in [-0.25, -0.2) is 4.79 Å². The van der Waals surface area contributed by atoms with Crippen molar-refractivity contribution >= 4 is 12.0 Å². The molecule has 2 atom stereocenters. The SMILES string of the molecule is O=C([C@H]1C[C@@H](O)CN1C(=O)O)N1CCCN(C2CCC2)CC1. The van der Waals surface area contributed by atoms with E-state index in [1.807, 2.05) is 0 Å². The Bertz CT molecular complexity index is 441. The largest absolute Gasteiger partial charge is 0.465 e. The van der Waals surface area contributed by atoms with E-state index in [1.54, 1.807) is 4.90 Å². The molecule has 1 saturated carbocycles. The Morgan fingerprint density at radius 2 is 1.77 bits per heavy atom. The van der Waals surface area contributed by atoms with Crippen LogP contribution < -0.4 is 0 Å². The van der Waals surface area contributed by atoms with Crippen LogP contribution in [0.3, 0.4) is 0 Å². The zero-order valence-corrected chi connectivity index (χ0v) is 12.9. The van der Waals surface area contributed by atoms with Crippen molar-refractivity contribution in [3.05, 3.63) is 0 Å². The van der Waals surface area contributed by atoms with Gasteiger partial charge in [0.05, 0.1) is 12.6 Å². The second kappa shape index (κ2) is 6.42. The second-order valence-electron chi connectivity index (χ2n) is 6.64. The van der Waals surface area contributed by atoms with E-state index >= 15 is 0 Å². The van der Waals surface area contributed by atoms with E-state index in [-0.39, 0.29) is 18.9 Å². The van der Waals surface area contributed by atoms with Crippen LogP contribution >= 0.6 is 0 Å². The molecule has 2 amide bonds. The van der Waals surface area contributed by atoms with Crippen molar-refractivity contribution in [2.24, 2.45) is 0 Å². The van der Waals surface area contributed by atoms with E-state index in [0.29, 0.717) is 19.1 Å². The number of nitrogens with zero attached hydrogens (tertiary/aromatic N) is 3. The Hall–Kier alpha value is -1.34. The van der Waals surface area contributed by atoms with Crippen LogP contribution in [0.1, 0.15) is 32.1 Å². The van der Waals surface area contributed by atoms with Crippen LogP contribution in [0.5, 0.6) is 0 Å². The monoisotopic (exact) mass is 311 g/mol. The number of hydrogen-bond acceptors (Lipinski definition) is 4. The third-order valence-corrected chi connectivity index (χ3v) is 5.24. The third kappa shape index (κ3) is 3.05. The van der Waals surface area contributed by atoms with Gasteiger partial charge >= 0.3 is 6.09 Å². The first-order valence-corrected chi connectivity index (χ1v) is 8.26. The summed E-state index contributed by atoms with van der Waals surface area (Å²) in [5, 5.41) is 18.9. The number of amides is 2. The van der Waals surface area contributed by atoms with Crippen LogP contribution in [-0.4, -0.2) is 87.8 Å². The lowest BCUT2D eigenvalue weighted by atomic mass is 9.91. The zero-order valence-electron chi connectivity index (χ0n) is 12.9. The van der Waals surface area contributed by atoms with Gasteiger partial charge in [0.25, 0.3) is 0 Å². The van der Waals surface area contributed by atoms with Crippen molar-refractivity contribution in [3.8, 4) is 0 Å². The maximum Gasteiger partial charge on any atom is 0.408 e. The summed E-state index contributed by atoms with van der Waals surface area (Å²) >= 11 is 0. The van der Waals surface area contributed by atoms with E-state index < -0.39 is 18.2 Å². The molecule has 2 saturated heterocycles. The van der Waals surface area contributed by atoms with Crippen LogP contribution in [0.25, 0.3) is 0 Å². The smallest absolute Gasteiger partial charge is 0.408 e. The molecule has 0 radical (unpaired) electrons. The summed E-state index contributed by atoms with van der Waals surface area (Å²) in [5.74, 6) is -0.144. The number of aliphatic hydroxyl groups excluding tert-OH is 1. The molecule has 0 unspecified atom stereocenters. The molecular weight excluding hydrogens is 286 g/mol. The summed E-state index contributed by atoms with van der Waals surface area (Å²) in [6.45, 7) is 3.27. The van der Waals surface area contributed by atoms with Gasteiger partial charge in [-0.3, -0.25) is 14.6 Å². The Morgan fingerprint density at radius 3 is 2.41 bits per heavy atom. The summed E-state index contributed by atoms with van der Waals surface area (Å²) < 4.78 is 0. The molecule has 7 heteroatoms. The van der Waals surface area contributed by atoms with Crippen molar-refractivity contribution in [3.63, 3.8) is 0 Å². The molecule has 0 bridgehead atoms. The number of carbonyl (C=O) groups excluding carboxylic acids is 1. The fraction of sp³-hybridized carbons (Fsp3) is 0.867. The number of rotatable bonds is 2. The third-order valence-electron chi connectivity index (χ3n) is 5.24. The van der Waals surface area contributed by atoms with Crippen molar-refractivity contribution in [2.45, 2.75) is 50.3 Å². The molecule has 2 N–H and O–H groups in total. The van der Waals surface area contributed by atoms with E-state index in [9.17, 15) is 19.8 Å². The number of hydrogen-bond donors (Lipinski definition) is 2. The maximum atomic E-state index is 12.7. The van der Waals surface area contributed by atoms with Crippen molar-refractivity contribution < 1.29 is 19.8 Å². The quantitative estimate of drug-likeness (QED) is 0.760. The van der Waals surface area contributed by atoms with Gasteiger partial charge in [-0.05, 0) is 19.3 Å². The lowest BCUT2D eigenvalue weighted by Crippen LogP contribution is -2.49. The molecule has 0 aromatic heterocycles. The normalized spacial score (nSPS) is 31.0. The summed E-state index contributed by atoms with van der Waals surface area (Å²) in [4.78, 5) is 29.2. The fourth-order valence-corrected chi connectivity index (χ4v) is 3.74. The van der Waals surface area contributed by atoms with Crippen molar-refractivity contribution in [1.82, 2.24) is 14.7 Å². The average Bonchev–Trinajstić information content (AvgIpc) is 2.66. The molecule has 0 aromatic carbocycles. The average molecular weight is 311 g/mol. The van der Waals surface area contributed by atoms with Gasteiger partial charge in [0.15, 0.2) is 0 Å². The molecule has 0 aromatic rings. The van der Waals surface area contributed by atoms with E-state index in [0.717, 1.165) is 24.4 Å². The highest BCUT2D eigenvalue weighted by Crippen LogP contribution is 2.26. The first-order chi connectivity index (χ1) is 10.6. The Balaban J connectivity index is 1.60. The highest BCUT2D eigenvalue weighted by Gasteiger charge is 2.41. The molecule has 2 heterocycles. The van der Waals surface area contributed by atoms with Gasteiger partial charge in [-0.1, -0.05) is 6.42 Å². The summed E-state index contributed by atoms with van der Waals surface area (Å²) in [5.41, 5.74) is 0. The molecule has 3 fully saturated rings. The van der Waals surface area contributed by atoms with Crippen LogP contribution in [0.4, 0.5) is 4.79 Å². The van der Waals surface area contributed by atoms with E-state index in [2.05, 4.69) is 4.90 Å². The molecule has 124 valence electrons. The molecule has 3 aliphatic rings. The van der Waals surface area contributed by atoms with Gasteiger partial charge in [-0.2, -0.15) is 0 Å². The van der Waals surface area contributed by atoms with Gasteiger partial charge in [0, 0.05) is 38.6 Å². The molecule has 3 rings (SSSR count). The minimum absolute atomic E-state index is 0.0355. The Kier molecular flexibility index (Phi) is 4.54. The van der Waals surface area contributed by atoms with Gasteiger partial charge in [0.2, 0.25) is 5.91 Å². The van der Waals surface area contributed by atoms with E-state index in [1.165, 1.54) is 19.3 Å². The number of likely N-dealkylation sites (tertiary alicyclic amines) is 1. The molecule has 22 heavy (non-hydrogen) atoms. The topological polar surface area (TPSA) is 84.3 Å². The van der Waals surface area contributed by atoms with Gasteiger partial charge < -0.3 is 15.1 Å². The number of β-amino-alcohol motifs (C(OH)–C–C–N with tert-alkyl or cyclic N) is 1. The Morgan fingerprint density at radius 1 is 1.00 bits per heavy atom. The van der Waals surface area contributed by atoms with Gasteiger partial charge in [0.1, 0.15) is 6.04 Å². The molecule has 0 spiro atoms. The fourth-order valence-electron chi connectivity index (χ4n) is 3.74. The zero-order chi connectivity index (χ0) is 15.7. The second-order valence-corrected chi connectivity index (χ2v) is 6.64. The predicted molar refractivity (Wildman–Crippen MR) is 79.6 cm³/mol. The van der Waals surface area contributed by atoms with E-state index in [4.69, 9.17) is 0 Å². The molecule has 2 aliphatic heterocycles. The molecule has 7 nitrogen and oxygen atoms in total. The minimum atomic E-state index is -1.12. The summed E-state index contributed by atoms with van der Waals surface area (Å²) in [6.07, 6.45) is 3.12.